The number of anilines is 1. The topological polar surface area (TPSA) is 12.0 Å². The molecule has 0 aromatic heterocycles. The van der Waals surface area contributed by atoms with Crippen LogP contribution in [0.4, 0.5) is 5.69 Å². The van der Waals surface area contributed by atoms with Crippen LogP contribution in [0.2, 0.25) is 0 Å². The molecule has 0 bridgehead atoms. The van der Waals surface area contributed by atoms with Crippen LogP contribution in [0.5, 0.6) is 0 Å². The fourth-order valence-electron chi connectivity index (χ4n) is 1.01. The summed E-state index contributed by atoms with van der Waals surface area (Å²) < 4.78 is 0. The maximum atomic E-state index is 3.41. The van der Waals surface area contributed by atoms with Gasteiger partial charge < -0.3 is 5.32 Å². The Morgan fingerprint density at radius 3 is 2.50 bits per heavy atom. The third-order valence-electron chi connectivity index (χ3n) is 1.66. The van der Waals surface area contributed by atoms with Crippen molar-refractivity contribution in [1.82, 2.24) is 0 Å². The molecule has 0 fully saturated rings. The first-order chi connectivity index (χ1) is 5.93. The molecule has 1 aromatic carbocycles. The van der Waals surface area contributed by atoms with Crippen molar-refractivity contribution in [3.05, 3.63) is 30.3 Å². The van der Waals surface area contributed by atoms with E-state index in [1.165, 1.54) is 18.5 Å². The summed E-state index contributed by atoms with van der Waals surface area (Å²) in [5.74, 6) is 0. The molecular weight excluding hydrogens is 214 g/mol. The average Bonchev–Trinajstić information content (AvgIpc) is 2.14. The second-order valence-corrected chi connectivity index (χ2v) is 3.48. The summed E-state index contributed by atoms with van der Waals surface area (Å²) in [6, 6.07) is 10.3. The van der Waals surface area contributed by atoms with Crippen molar-refractivity contribution in [3.63, 3.8) is 0 Å². The van der Waals surface area contributed by atoms with Crippen molar-refractivity contribution in [2.75, 3.05) is 17.2 Å². The molecule has 0 atom stereocenters. The number of hydrogen-bond acceptors (Lipinski definition) is 1. The zero-order valence-electron chi connectivity index (χ0n) is 7.09. The van der Waals surface area contributed by atoms with Crippen LogP contribution in [0.1, 0.15) is 12.8 Å². The van der Waals surface area contributed by atoms with Crippen molar-refractivity contribution < 1.29 is 0 Å². The number of nitrogens with one attached hydrogen (secondary N) is 1. The lowest BCUT2D eigenvalue weighted by molar-refractivity contribution is 0.847. The maximum absolute atomic E-state index is 3.41. The molecule has 12 heavy (non-hydrogen) atoms. The first kappa shape index (κ1) is 9.59. The van der Waals surface area contributed by atoms with Crippen LogP contribution in [-0.2, 0) is 0 Å². The van der Waals surface area contributed by atoms with Crippen LogP contribution < -0.4 is 5.32 Å². The van der Waals surface area contributed by atoms with Crippen LogP contribution >= 0.6 is 15.9 Å². The first-order valence-electron chi connectivity index (χ1n) is 4.28. The van der Waals surface area contributed by atoms with Gasteiger partial charge in [0.25, 0.3) is 0 Å². The van der Waals surface area contributed by atoms with Crippen molar-refractivity contribution in [2.24, 2.45) is 0 Å². The zero-order valence-corrected chi connectivity index (χ0v) is 8.68. The predicted molar refractivity (Wildman–Crippen MR) is 58.0 cm³/mol. The van der Waals surface area contributed by atoms with Gasteiger partial charge in [0.2, 0.25) is 0 Å². The van der Waals surface area contributed by atoms with E-state index in [2.05, 4.69) is 33.4 Å². The van der Waals surface area contributed by atoms with Gasteiger partial charge in [0, 0.05) is 17.6 Å². The SMILES string of the molecule is BrCCCCNc1ccccc1. The van der Waals surface area contributed by atoms with E-state index in [4.69, 9.17) is 0 Å². The van der Waals surface area contributed by atoms with Crippen LogP contribution in [0, 0.1) is 0 Å². The number of rotatable bonds is 5. The minimum absolute atomic E-state index is 1.07. The molecule has 0 heterocycles. The Labute approximate surface area is 82.3 Å². The molecule has 1 nitrogen and oxygen atoms in total. The van der Waals surface area contributed by atoms with E-state index < -0.39 is 0 Å². The van der Waals surface area contributed by atoms with Crippen molar-refractivity contribution in [1.29, 1.82) is 0 Å². The van der Waals surface area contributed by atoms with Gasteiger partial charge in [-0.25, -0.2) is 0 Å². The molecule has 0 spiro atoms. The molecule has 0 saturated heterocycles. The van der Waals surface area contributed by atoms with Gasteiger partial charge >= 0.3 is 0 Å². The fourth-order valence-corrected chi connectivity index (χ4v) is 1.40. The molecule has 1 aromatic rings. The van der Waals surface area contributed by atoms with E-state index in [1.54, 1.807) is 0 Å². The molecule has 2 heteroatoms. The van der Waals surface area contributed by atoms with E-state index in [9.17, 15) is 0 Å². The molecule has 0 aliphatic carbocycles. The first-order valence-corrected chi connectivity index (χ1v) is 5.40. The lowest BCUT2D eigenvalue weighted by Gasteiger charge is -2.04. The second-order valence-electron chi connectivity index (χ2n) is 2.69. The highest BCUT2D eigenvalue weighted by Gasteiger charge is 1.88. The molecule has 0 saturated carbocycles. The zero-order chi connectivity index (χ0) is 8.65. The summed E-state index contributed by atoms with van der Waals surface area (Å²) in [5.41, 5.74) is 1.21. The Morgan fingerprint density at radius 2 is 1.83 bits per heavy atom. The van der Waals surface area contributed by atoms with Crippen molar-refractivity contribution in [3.8, 4) is 0 Å². The van der Waals surface area contributed by atoms with E-state index in [0.29, 0.717) is 0 Å². The molecule has 66 valence electrons. The van der Waals surface area contributed by atoms with Gasteiger partial charge in [-0.2, -0.15) is 0 Å². The molecule has 0 unspecified atom stereocenters. The largest absolute Gasteiger partial charge is 0.385 e. The standard InChI is InChI=1S/C10H14BrN/c11-8-4-5-9-12-10-6-2-1-3-7-10/h1-3,6-7,12H,4-5,8-9H2. The summed E-state index contributed by atoms with van der Waals surface area (Å²) in [5, 5.41) is 4.46. The summed E-state index contributed by atoms with van der Waals surface area (Å²) in [7, 11) is 0. The Morgan fingerprint density at radius 1 is 1.08 bits per heavy atom. The van der Waals surface area contributed by atoms with Crippen molar-refractivity contribution in [2.45, 2.75) is 12.8 Å². The number of hydrogen-bond donors (Lipinski definition) is 1. The third kappa shape index (κ3) is 3.77. The van der Waals surface area contributed by atoms with E-state index in [1.807, 2.05) is 18.2 Å². The molecular formula is C10H14BrN. The van der Waals surface area contributed by atoms with Gasteiger partial charge in [0.1, 0.15) is 0 Å². The fraction of sp³-hybridized carbons (Fsp3) is 0.400. The third-order valence-corrected chi connectivity index (χ3v) is 2.22. The number of alkyl halides is 1. The molecule has 1 rings (SSSR count). The number of para-hydroxylation sites is 1. The number of halogens is 1. The normalized spacial score (nSPS) is 9.75. The van der Waals surface area contributed by atoms with Crippen LogP contribution in [0.3, 0.4) is 0 Å². The van der Waals surface area contributed by atoms with E-state index >= 15 is 0 Å². The van der Waals surface area contributed by atoms with Gasteiger partial charge in [-0.3, -0.25) is 0 Å². The maximum Gasteiger partial charge on any atom is 0.0340 e. The minimum Gasteiger partial charge on any atom is -0.385 e. The minimum atomic E-state index is 1.07. The Bertz CT molecular complexity index is 198. The second kappa shape index (κ2) is 6.06. The molecule has 0 radical (unpaired) electrons. The quantitative estimate of drug-likeness (QED) is 0.602. The lowest BCUT2D eigenvalue weighted by Crippen LogP contribution is -2.00. The van der Waals surface area contributed by atoms with Gasteiger partial charge in [-0.1, -0.05) is 34.1 Å². The van der Waals surface area contributed by atoms with Crippen LogP contribution in [0.25, 0.3) is 0 Å². The van der Waals surface area contributed by atoms with Gasteiger partial charge in [0.15, 0.2) is 0 Å². The summed E-state index contributed by atoms with van der Waals surface area (Å²) in [4.78, 5) is 0. The molecule has 0 aliphatic heterocycles. The Balaban J connectivity index is 2.16. The Hall–Kier alpha value is -0.500. The van der Waals surface area contributed by atoms with Crippen LogP contribution in [-0.4, -0.2) is 11.9 Å². The van der Waals surface area contributed by atoms with Gasteiger partial charge in [0.05, 0.1) is 0 Å². The highest BCUT2D eigenvalue weighted by Crippen LogP contribution is 2.05. The van der Waals surface area contributed by atoms with Gasteiger partial charge in [-0.05, 0) is 25.0 Å². The number of benzene rings is 1. The Kier molecular flexibility index (Phi) is 4.85. The molecule has 0 aliphatic rings. The van der Waals surface area contributed by atoms with E-state index in [-0.39, 0.29) is 0 Å². The average molecular weight is 228 g/mol. The highest BCUT2D eigenvalue weighted by atomic mass is 79.9. The van der Waals surface area contributed by atoms with Crippen LogP contribution in [0.15, 0.2) is 30.3 Å². The van der Waals surface area contributed by atoms with Crippen molar-refractivity contribution >= 4 is 21.6 Å². The summed E-state index contributed by atoms with van der Waals surface area (Å²) in [6.45, 7) is 1.07. The summed E-state index contributed by atoms with van der Waals surface area (Å²) in [6.07, 6.45) is 2.46. The monoisotopic (exact) mass is 227 g/mol. The van der Waals surface area contributed by atoms with Gasteiger partial charge in [-0.15, -0.1) is 0 Å². The molecule has 0 amide bonds. The van der Waals surface area contributed by atoms with E-state index in [0.717, 1.165) is 11.9 Å². The molecule has 1 N–H and O–H groups in total. The predicted octanol–water partition coefficient (Wildman–Crippen LogP) is 3.27. The smallest absolute Gasteiger partial charge is 0.0340 e. The lowest BCUT2D eigenvalue weighted by atomic mass is 10.3. The number of unbranched alkanes of at least 4 members (excludes halogenated alkanes) is 1. The summed E-state index contributed by atoms with van der Waals surface area (Å²) >= 11 is 3.41. The highest BCUT2D eigenvalue weighted by molar-refractivity contribution is 9.09.